The topological polar surface area (TPSA) is 45.7 Å². The van der Waals surface area contributed by atoms with Gasteiger partial charge in [-0.2, -0.15) is 0 Å². The molecule has 24 heavy (non-hydrogen) atoms. The van der Waals surface area contributed by atoms with Gasteiger partial charge in [0.2, 0.25) is 0 Å². The molecule has 1 aliphatic carbocycles. The van der Waals surface area contributed by atoms with E-state index in [0.717, 1.165) is 23.9 Å². The minimum atomic E-state index is 0.216. The van der Waals surface area contributed by atoms with E-state index < -0.39 is 0 Å². The molecule has 1 aromatic rings. The lowest BCUT2D eigenvalue weighted by molar-refractivity contribution is 0.0992. The zero-order valence-electron chi connectivity index (χ0n) is 14.2. The largest absolute Gasteiger partial charge is 0.373 e. The molecule has 5 heteroatoms. The van der Waals surface area contributed by atoms with Gasteiger partial charge in [0, 0.05) is 24.0 Å². The van der Waals surface area contributed by atoms with Crippen LogP contribution >= 0.6 is 11.6 Å². The Balaban J connectivity index is 1.38. The summed E-state index contributed by atoms with van der Waals surface area (Å²) in [5.41, 5.74) is 1.59. The van der Waals surface area contributed by atoms with Crippen molar-refractivity contribution in [3.05, 3.63) is 34.9 Å². The first-order chi connectivity index (χ1) is 11.7. The van der Waals surface area contributed by atoms with Crippen molar-refractivity contribution in [3.8, 4) is 0 Å². The fraction of sp³-hybridized carbons (Fsp3) is 0.632. The quantitative estimate of drug-likeness (QED) is 0.649. The smallest absolute Gasteiger partial charge is 0.191 e. The van der Waals surface area contributed by atoms with E-state index in [1.165, 1.54) is 37.7 Å². The van der Waals surface area contributed by atoms with Gasteiger partial charge in [0.1, 0.15) is 0 Å². The summed E-state index contributed by atoms with van der Waals surface area (Å²) < 4.78 is 5.93. The van der Waals surface area contributed by atoms with Crippen molar-refractivity contribution in [2.45, 2.75) is 62.2 Å². The molecule has 3 aliphatic rings. The molecule has 0 aromatic heterocycles. The van der Waals surface area contributed by atoms with Crippen LogP contribution < -0.4 is 10.6 Å². The molecule has 2 saturated heterocycles. The normalized spacial score (nSPS) is 30.9. The second kappa shape index (κ2) is 6.57. The van der Waals surface area contributed by atoms with E-state index in [1.807, 2.05) is 19.2 Å². The van der Waals surface area contributed by atoms with Gasteiger partial charge >= 0.3 is 0 Å². The molecule has 3 fully saturated rings. The van der Waals surface area contributed by atoms with E-state index in [2.05, 4.69) is 27.8 Å². The number of ether oxygens (including phenoxy) is 1. The highest BCUT2D eigenvalue weighted by atomic mass is 35.5. The van der Waals surface area contributed by atoms with Crippen LogP contribution in [0.2, 0.25) is 5.02 Å². The Kier molecular flexibility index (Phi) is 4.44. The third-order valence-electron chi connectivity index (χ3n) is 6.01. The van der Waals surface area contributed by atoms with Crippen LogP contribution in [0.3, 0.4) is 0 Å². The third kappa shape index (κ3) is 3.02. The standard InChI is InChI=1S/C19H26ClN3O/c1-21-18(23-16-11-15-7-8-17(16)24-15)22-12-19(9-2-10-19)13-3-5-14(20)6-4-13/h3-6,15-17H,2,7-12H2,1H3,(H2,21,22,23). The molecule has 130 valence electrons. The Bertz CT molecular complexity index is 612. The molecule has 3 unspecified atom stereocenters. The number of benzene rings is 1. The number of nitrogens with one attached hydrogen (secondary N) is 2. The Morgan fingerprint density at radius 2 is 2.08 bits per heavy atom. The molecule has 2 heterocycles. The summed E-state index contributed by atoms with van der Waals surface area (Å²) in [4.78, 5) is 4.42. The van der Waals surface area contributed by atoms with Crippen LogP contribution in [0.5, 0.6) is 0 Å². The van der Waals surface area contributed by atoms with E-state index in [0.29, 0.717) is 18.2 Å². The van der Waals surface area contributed by atoms with Crippen LogP contribution in [0.1, 0.15) is 44.1 Å². The number of fused-ring (bicyclic) bond motifs is 2. The zero-order valence-corrected chi connectivity index (χ0v) is 15.0. The van der Waals surface area contributed by atoms with Crippen LogP contribution in [-0.4, -0.2) is 37.8 Å². The highest BCUT2D eigenvalue weighted by Gasteiger charge is 2.42. The average Bonchev–Trinajstić information content (AvgIpc) is 3.17. The highest BCUT2D eigenvalue weighted by Crippen LogP contribution is 2.43. The number of hydrogen-bond acceptors (Lipinski definition) is 2. The molecule has 1 aromatic carbocycles. The molecule has 2 N–H and O–H groups in total. The van der Waals surface area contributed by atoms with Crippen LogP contribution in [0.25, 0.3) is 0 Å². The number of hydrogen-bond donors (Lipinski definition) is 2. The SMILES string of the molecule is CN=C(NCC1(c2ccc(Cl)cc2)CCC1)NC1CC2CCC1O2. The fourth-order valence-corrected chi connectivity index (χ4v) is 4.51. The molecule has 4 rings (SSSR count). The number of halogens is 1. The third-order valence-corrected chi connectivity index (χ3v) is 6.27. The minimum Gasteiger partial charge on any atom is -0.373 e. The van der Waals surface area contributed by atoms with Gasteiger partial charge in [-0.25, -0.2) is 0 Å². The van der Waals surface area contributed by atoms with Crippen molar-refractivity contribution in [3.63, 3.8) is 0 Å². The van der Waals surface area contributed by atoms with Crippen LogP contribution in [0.4, 0.5) is 0 Å². The molecule has 0 spiro atoms. The molecular formula is C19H26ClN3O. The summed E-state index contributed by atoms with van der Waals surface area (Å²) in [5, 5.41) is 7.93. The van der Waals surface area contributed by atoms with E-state index in [4.69, 9.17) is 16.3 Å². The van der Waals surface area contributed by atoms with E-state index >= 15 is 0 Å². The Morgan fingerprint density at radius 1 is 1.29 bits per heavy atom. The lowest BCUT2D eigenvalue weighted by Crippen LogP contribution is -2.52. The van der Waals surface area contributed by atoms with E-state index in [-0.39, 0.29) is 5.41 Å². The predicted molar refractivity (Wildman–Crippen MR) is 97.8 cm³/mol. The van der Waals surface area contributed by atoms with Crippen molar-refractivity contribution in [1.29, 1.82) is 0 Å². The summed E-state index contributed by atoms with van der Waals surface area (Å²) in [7, 11) is 1.85. The number of nitrogens with zero attached hydrogens (tertiary/aromatic N) is 1. The summed E-state index contributed by atoms with van der Waals surface area (Å²) in [6, 6.07) is 8.74. The number of guanidine groups is 1. The maximum absolute atomic E-state index is 6.04. The van der Waals surface area contributed by atoms with Crippen molar-refractivity contribution < 1.29 is 4.74 Å². The molecule has 0 radical (unpaired) electrons. The Labute approximate surface area is 149 Å². The first kappa shape index (κ1) is 16.2. The predicted octanol–water partition coefficient (Wildman–Crippen LogP) is 3.25. The monoisotopic (exact) mass is 347 g/mol. The average molecular weight is 348 g/mol. The highest BCUT2D eigenvalue weighted by molar-refractivity contribution is 6.30. The maximum Gasteiger partial charge on any atom is 0.191 e. The van der Waals surface area contributed by atoms with Crippen LogP contribution in [-0.2, 0) is 10.2 Å². The molecule has 3 atom stereocenters. The first-order valence-corrected chi connectivity index (χ1v) is 9.45. The number of aliphatic imine (C=N–C) groups is 1. The van der Waals surface area contributed by atoms with E-state index in [1.54, 1.807) is 0 Å². The van der Waals surface area contributed by atoms with Gasteiger partial charge in [0.25, 0.3) is 0 Å². The Morgan fingerprint density at radius 3 is 2.62 bits per heavy atom. The Hall–Kier alpha value is -1.26. The second-order valence-electron chi connectivity index (χ2n) is 7.43. The van der Waals surface area contributed by atoms with Gasteiger partial charge in [-0.15, -0.1) is 0 Å². The van der Waals surface area contributed by atoms with Crippen LogP contribution in [0, 0.1) is 0 Å². The minimum absolute atomic E-state index is 0.216. The molecule has 2 bridgehead atoms. The maximum atomic E-state index is 6.04. The molecule has 1 saturated carbocycles. The second-order valence-corrected chi connectivity index (χ2v) is 7.86. The van der Waals surface area contributed by atoms with Crippen molar-refractivity contribution in [2.24, 2.45) is 4.99 Å². The van der Waals surface area contributed by atoms with Gasteiger partial charge in [-0.1, -0.05) is 30.2 Å². The summed E-state index contributed by atoms with van der Waals surface area (Å²) >= 11 is 6.04. The number of rotatable bonds is 4. The zero-order chi connectivity index (χ0) is 16.6. The van der Waals surface area contributed by atoms with Gasteiger partial charge in [-0.05, 0) is 49.8 Å². The molecule has 2 aliphatic heterocycles. The molecule has 4 nitrogen and oxygen atoms in total. The fourth-order valence-electron chi connectivity index (χ4n) is 4.39. The van der Waals surface area contributed by atoms with Gasteiger partial charge in [0.15, 0.2) is 5.96 Å². The van der Waals surface area contributed by atoms with Crippen molar-refractivity contribution in [1.82, 2.24) is 10.6 Å². The molecular weight excluding hydrogens is 322 g/mol. The van der Waals surface area contributed by atoms with Gasteiger partial charge in [-0.3, -0.25) is 4.99 Å². The van der Waals surface area contributed by atoms with Crippen molar-refractivity contribution in [2.75, 3.05) is 13.6 Å². The lowest BCUT2D eigenvalue weighted by atomic mass is 9.64. The summed E-state index contributed by atoms with van der Waals surface area (Å²) in [6.45, 7) is 0.913. The van der Waals surface area contributed by atoms with E-state index in [9.17, 15) is 0 Å². The van der Waals surface area contributed by atoms with Crippen LogP contribution in [0.15, 0.2) is 29.3 Å². The van der Waals surface area contributed by atoms with Gasteiger partial charge in [0.05, 0.1) is 18.2 Å². The van der Waals surface area contributed by atoms with Crippen molar-refractivity contribution >= 4 is 17.6 Å². The summed E-state index contributed by atoms with van der Waals surface area (Å²) in [6.07, 6.45) is 8.04. The molecule has 0 amide bonds. The van der Waals surface area contributed by atoms with Gasteiger partial charge < -0.3 is 15.4 Å². The lowest BCUT2D eigenvalue weighted by Gasteiger charge is -2.43. The first-order valence-electron chi connectivity index (χ1n) is 9.07. The summed E-state index contributed by atoms with van der Waals surface area (Å²) in [5.74, 6) is 0.899.